The number of hydrogen-bond acceptors (Lipinski definition) is 6. The summed E-state index contributed by atoms with van der Waals surface area (Å²) in [5.74, 6) is 0.368. The van der Waals surface area contributed by atoms with Crippen molar-refractivity contribution in [3.63, 3.8) is 0 Å². The summed E-state index contributed by atoms with van der Waals surface area (Å²) < 4.78 is 20.4. The number of ether oxygens (including phenoxy) is 4. The maximum absolute atomic E-state index is 12.2. The van der Waals surface area contributed by atoms with Crippen LogP contribution < -0.4 is 14.2 Å². The predicted molar refractivity (Wildman–Crippen MR) is 87.2 cm³/mol. The molecule has 0 aliphatic rings. The molecule has 0 heterocycles. The highest BCUT2D eigenvalue weighted by molar-refractivity contribution is 6.01. The van der Waals surface area contributed by atoms with E-state index in [1.807, 2.05) is 0 Å². The molecule has 0 radical (unpaired) electrons. The molecule has 0 bridgehead atoms. The number of ketones is 1. The van der Waals surface area contributed by atoms with Crippen molar-refractivity contribution < 1.29 is 28.5 Å². The van der Waals surface area contributed by atoms with E-state index in [4.69, 9.17) is 18.9 Å². The van der Waals surface area contributed by atoms with Crippen molar-refractivity contribution in [1.29, 1.82) is 0 Å². The number of rotatable bonds is 7. The van der Waals surface area contributed by atoms with E-state index in [1.54, 1.807) is 30.3 Å². The lowest BCUT2D eigenvalue weighted by atomic mass is 10.1. The lowest BCUT2D eigenvalue weighted by molar-refractivity contribution is 0.0473. The molecule has 0 aliphatic heterocycles. The van der Waals surface area contributed by atoms with Gasteiger partial charge in [-0.25, -0.2) is 4.79 Å². The van der Waals surface area contributed by atoms with Gasteiger partial charge in [-0.2, -0.15) is 0 Å². The second kappa shape index (κ2) is 8.01. The van der Waals surface area contributed by atoms with Gasteiger partial charge in [-0.15, -0.1) is 0 Å². The Balaban J connectivity index is 2.06. The van der Waals surface area contributed by atoms with Crippen molar-refractivity contribution in [1.82, 2.24) is 0 Å². The smallest absolute Gasteiger partial charge is 0.338 e. The standard InChI is InChI=1S/C18H18O6/c1-21-15-7-5-4-6-13(15)14(19)11-24-18(20)12-8-9-16(22-2)17(10-12)23-3/h4-10H,11H2,1-3H3. The van der Waals surface area contributed by atoms with E-state index in [1.165, 1.54) is 33.5 Å². The predicted octanol–water partition coefficient (Wildman–Crippen LogP) is 2.75. The Morgan fingerprint density at radius 3 is 2.17 bits per heavy atom. The average Bonchev–Trinajstić information content (AvgIpc) is 2.64. The lowest BCUT2D eigenvalue weighted by Crippen LogP contribution is -2.15. The van der Waals surface area contributed by atoms with Crippen LogP contribution in [0.2, 0.25) is 0 Å². The Morgan fingerprint density at radius 1 is 0.833 bits per heavy atom. The molecule has 6 heteroatoms. The van der Waals surface area contributed by atoms with Crippen LogP contribution in [0, 0.1) is 0 Å². The molecular formula is C18H18O6. The molecule has 0 fully saturated rings. The van der Waals surface area contributed by atoms with Gasteiger partial charge in [-0.05, 0) is 30.3 Å². The van der Waals surface area contributed by atoms with E-state index in [0.717, 1.165) is 0 Å². The molecule has 0 saturated carbocycles. The van der Waals surface area contributed by atoms with Gasteiger partial charge in [0.05, 0.1) is 32.5 Å². The topological polar surface area (TPSA) is 71.1 Å². The van der Waals surface area contributed by atoms with Gasteiger partial charge in [-0.3, -0.25) is 4.79 Å². The highest BCUT2D eigenvalue weighted by Crippen LogP contribution is 2.27. The molecule has 126 valence electrons. The number of hydrogen-bond donors (Lipinski definition) is 0. The molecule has 0 amide bonds. The fourth-order valence-electron chi connectivity index (χ4n) is 2.13. The third-order valence-corrected chi connectivity index (χ3v) is 3.36. The molecule has 0 N–H and O–H groups in total. The van der Waals surface area contributed by atoms with Crippen LogP contribution in [-0.2, 0) is 4.74 Å². The Bertz CT molecular complexity index is 738. The molecule has 0 aliphatic carbocycles. The van der Waals surface area contributed by atoms with Crippen molar-refractivity contribution in [2.24, 2.45) is 0 Å². The number of methoxy groups -OCH3 is 3. The van der Waals surface area contributed by atoms with E-state index >= 15 is 0 Å². The summed E-state index contributed by atoms with van der Waals surface area (Å²) >= 11 is 0. The first kappa shape index (κ1) is 17.3. The number of carbonyl (C=O) groups is 2. The van der Waals surface area contributed by atoms with Gasteiger partial charge < -0.3 is 18.9 Å². The highest BCUT2D eigenvalue weighted by Gasteiger charge is 2.16. The molecule has 24 heavy (non-hydrogen) atoms. The number of esters is 1. The maximum Gasteiger partial charge on any atom is 0.338 e. The number of para-hydroxylation sites is 1. The SMILES string of the molecule is COc1ccc(C(=O)OCC(=O)c2ccccc2OC)cc1OC. The van der Waals surface area contributed by atoms with Crippen LogP contribution in [0.3, 0.4) is 0 Å². The van der Waals surface area contributed by atoms with Crippen LogP contribution in [-0.4, -0.2) is 39.7 Å². The third kappa shape index (κ3) is 3.84. The molecule has 0 spiro atoms. The van der Waals surface area contributed by atoms with Crippen LogP contribution in [0.25, 0.3) is 0 Å². The van der Waals surface area contributed by atoms with Crippen molar-refractivity contribution in [3.05, 3.63) is 53.6 Å². The van der Waals surface area contributed by atoms with Gasteiger partial charge in [0.1, 0.15) is 5.75 Å². The number of benzene rings is 2. The fraction of sp³-hybridized carbons (Fsp3) is 0.222. The second-order valence-electron chi connectivity index (χ2n) is 4.77. The summed E-state index contributed by atoms with van der Waals surface area (Å²) in [6.45, 7) is -0.381. The maximum atomic E-state index is 12.2. The zero-order valence-electron chi connectivity index (χ0n) is 13.7. The molecule has 0 aromatic heterocycles. The average molecular weight is 330 g/mol. The molecule has 2 rings (SSSR count). The zero-order chi connectivity index (χ0) is 17.5. The van der Waals surface area contributed by atoms with Gasteiger partial charge in [0.15, 0.2) is 18.1 Å². The molecule has 6 nitrogen and oxygen atoms in total. The minimum absolute atomic E-state index is 0.264. The summed E-state index contributed by atoms with van der Waals surface area (Å²) in [6, 6.07) is 11.4. The van der Waals surface area contributed by atoms with E-state index in [9.17, 15) is 9.59 Å². The van der Waals surface area contributed by atoms with E-state index in [-0.39, 0.29) is 18.0 Å². The summed E-state index contributed by atoms with van der Waals surface area (Å²) in [5.41, 5.74) is 0.626. The van der Waals surface area contributed by atoms with Gasteiger partial charge in [-0.1, -0.05) is 12.1 Å². The summed E-state index contributed by atoms with van der Waals surface area (Å²) in [4.78, 5) is 24.3. The lowest BCUT2D eigenvalue weighted by Gasteiger charge is -2.10. The first-order valence-corrected chi connectivity index (χ1v) is 7.16. The second-order valence-corrected chi connectivity index (χ2v) is 4.77. The normalized spacial score (nSPS) is 9.96. The summed E-state index contributed by atoms with van der Waals surface area (Å²) in [5, 5.41) is 0. The minimum Gasteiger partial charge on any atom is -0.496 e. The van der Waals surface area contributed by atoms with Gasteiger partial charge >= 0.3 is 5.97 Å². The van der Waals surface area contributed by atoms with Gasteiger partial charge in [0.25, 0.3) is 0 Å². The Kier molecular flexibility index (Phi) is 5.78. The van der Waals surface area contributed by atoms with Gasteiger partial charge in [0, 0.05) is 0 Å². The molecule has 0 unspecified atom stereocenters. The van der Waals surface area contributed by atoms with Crippen LogP contribution >= 0.6 is 0 Å². The first-order chi connectivity index (χ1) is 11.6. The van der Waals surface area contributed by atoms with Crippen LogP contribution in [0.1, 0.15) is 20.7 Å². The summed E-state index contributed by atoms with van der Waals surface area (Å²) in [7, 11) is 4.45. The Hall–Kier alpha value is -3.02. The Morgan fingerprint density at radius 2 is 1.50 bits per heavy atom. The molecule has 2 aromatic rings. The first-order valence-electron chi connectivity index (χ1n) is 7.16. The van der Waals surface area contributed by atoms with E-state index in [0.29, 0.717) is 22.8 Å². The zero-order valence-corrected chi connectivity index (χ0v) is 13.7. The van der Waals surface area contributed by atoms with Crippen LogP contribution in [0.4, 0.5) is 0 Å². The fourth-order valence-corrected chi connectivity index (χ4v) is 2.13. The molecular weight excluding hydrogens is 312 g/mol. The van der Waals surface area contributed by atoms with E-state index in [2.05, 4.69) is 0 Å². The van der Waals surface area contributed by atoms with Crippen molar-refractivity contribution in [2.45, 2.75) is 0 Å². The highest BCUT2D eigenvalue weighted by atomic mass is 16.5. The molecule has 0 atom stereocenters. The minimum atomic E-state index is -0.626. The summed E-state index contributed by atoms with van der Waals surface area (Å²) in [6.07, 6.45) is 0. The van der Waals surface area contributed by atoms with Crippen LogP contribution in [0.15, 0.2) is 42.5 Å². The third-order valence-electron chi connectivity index (χ3n) is 3.36. The van der Waals surface area contributed by atoms with Crippen molar-refractivity contribution in [3.8, 4) is 17.2 Å². The quantitative estimate of drug-likeness (QED) is 0.574. The number of carbonyl (C=O) groups excluding carboxylic acids is 2. The Labute approximate surface area is 139 Å². The van der Waals surface area contributed by atoms with Crippen molar-refractivity contribution >= 4 is 11.8 Å². The number of Topliss-reactive ketones (excluding diaryl/α,β-unsaturated/α-hetero) is 1. The molecule has 0 saturated heterocycles. The largest absolute Gasteiger partial charge is 0.496 e. The van der Waals surface area contributed by atoms with E-state index < -0.39 is 5.97 Å². The van der Waals surface area contributed by atoms with Crippen molar-refractivity contribution in [2.75, 3.05) is 27.9 Å². The van der Waals surface area contributed by atoms with Gasteiger partial charge in [0.2, 0.25) is 5.78 Å². The monoisotopic (exact) mass is 330 g/mol. The van der Waals surface area contributed by atoms with Crippen LogP contribution in [0.5, 0.6) is 17.2 Å². The molecule has 2 aromatic carbocycles.